The van der Waals surface area contributed by atoms with Crippen molar-refractivity contribution in [2.45, 2.75) is 12.5 Å². The smallest absolute Gasteiger partial charge is 0.147 e. The summed E-state index contributed by atoms with van der Waals surface area (Å²) in [4.78, 5) is 2.11. The third-order valence-electron chi connectivity index (χ3n) is 2.45. The van der Waals surface area contributed by atoms with Gasteiger partial charge in [-0.15, -0.1) is 0 Å². The van der Waals surface area contributed by atoms with Gasteiger partial charge in [-0.2, -0.15) is 0 Å². The summed E-state index contributed by atoms with van der Waals surface area (Å²) in [6, 6.07) is 0. The van der Waals surface area contributed by atoms with E-state index in [-0.39, 0.29) is 0 Å². The zero-order chi connectivity index (χ0) is 11.6. The van der Waals surface area contributed by atoms with Crippen LogP contribution in [-0.4, -0.2) is 71.3 Å². The first-order valence-electron chi connectivity index (χ1n) is 5.91. The number of hydrogen-bond donors (Lipinski definition) is 1. The van der Waals surface area contributed by atoms with Crippen molar-refractivity contribution in [3.05, 3.63) is 0 Å². The third-order valence-corrected chi connectivity index (χ3v) is 2.45. The Morgan fingerprint density at radius 3 is 2.94 bits per heavy atom. The number of likely N-dealkylation sites (N-methyl/N-ethyl adjacent to an activating group) is 1. The van der Waals surface area contributed by atoms with Crippen molar-refractivity contribution in [1.29, 1.82) is 0 Å². The van der Waals surface area contributed by atoms with Crippen LogP contribution in [0.2, 0.25) is 0 Å². The van der Waals surface area contributed by atoms with Crippen molar-refractivity contribution in [3.8, 4) is 0 Å². The van der Waals surface area contributed by atoms with Crippen LogP contribution in [0.1, 0.15) is 6.42 Å². The summed E-state index contributed by atoms with van der Waals surface area (Å²) < 4.78 is 16.0. The molecule has 0 bridgehead atoms. The molecule has 0 aromatic rings. The van der Waals surface area contributed by atoms with Crippen molar-refractivity contribution in [2.75, 3.05) is 60.3 Å². The molecule has 1 aliphatic heterocycles. The van der Waals surface area contributed by atoms with E-state index in [4.69, 9.17) is 14.2 Å². The summed E-state index contributed by atoms with van der Waals surface area (Å²) in [5.41, 5.74) is 0. The van der Waals surface area contributed by atoms with E-state index in [0.29, 0.717) is 12.9 Å². The maximum atomic E-state index is 5.46. The van der Waals surface area contributed by atoms with E-state index < -0.39 is 0 Å². The normalized spacial score (nSPS) is 21.6. The molecule has 0 aromatic heterocycles. The minimum absolute atomic E-state index is 0.301. The molecule has 0 spiro atoms. The molecule has 1 unspecified atom stereocenters. The van der Waals surface area contributed by atoms with Crippen LogP contribution in [0.15, 0.2) is 0 Å². The number of nitrogens with zero attached hydrogens (tertiary/aromatic N) is 1. The molecule has 96 valence electrons. The maximum absolute atomic E-state index is 5.46. The van der Waals surface area contributed by atoms with E-state index in [1.165, 1.54) is 0 Å². The number of rotatable bonds is 8. The van der Waals surface area contributed by atoms with E-state index in [0.717, 1.165) is 45.9 Å². The van der Waals surface area contributed by atoms with Crippen LogP contribution < -0.4 is 5.32 Å². The van der Waals surface area contributed by atoms with Crippen LogP contribution in [-0.2, 0) is 14.2 Å². The van der Waals surface area contributed by atoms with E-state index in [9.17, 15) is 0 Å². The summed E-state index contributed by atoms with van der Waals surface area (Å²) in [5.74, 6) is 0. The second kappa shape index (κ2) is 8.90. The Hall–Kier alpha value is -0.200. The fourth-order valence-corrected chi connectivity index (χ4v) is 1.42. The van der Waals surface area contributed by atoms with Gasteiger partial charge in [0.25, 0.3) is 0 Å². The first kappa shape index (κ1) is 13.9. The molecule has 1 aliphatic rings. The van der Waals surface area contributed by atoms with Crippen LogP contribution in [0.5, 0.6) is 0 Å². The predicted molar refractivity (Wildman–Crippen MR) is 62.6 cm³/mol. The molecule has 0 amide bonds. The van der Waals surface area contributed by atoms with Gasteiger partial charge in [-0.05, 0) is 20.5 Å². The minimum Gasteiger partial charge on any atom is -0.379 e. The van der Waals surface area contributed by atoms with Gasteiger partial charge in [0.05, 0.1) is 25.9 Å². The topological polar surface area (TPSA) is 43.0 Å². The standard InChI is InChI=1S/C11H24N2O3/c1-13(2)5-8-14-7-4-12-9-11-3-6-15-10-16-11/h11-12H,3-10H2,1-2H3. The zero-order valence-electron chi connectivity index (χ0n) is 10.4. The van der Waals surface area contributed by atoms with Crippen molar-refractivity contribution in [2.24, 2.45) is 0 Å². The molecule has 1 fully saturated rings. The van der Waals surface area contributed by atoms with Crippen LogP contribution >= 0.6 is 0 Å². The molecule has 1 heterocycles. The molecular weight excluding hydrogens is 208 g/mol. The first-order valence-corrected chi connectivity index (χ1v) is 5.91. The number of hydrogen-bond acceptors (Lipinski definition) is 5. The maximum Gasteiger partial charge on any atom is 0.147 e. The fourth-order valence-electron chi connectivity index (χ4n) is 1.42. The van der Waals surface area contributed by atoms with Gasteiger partial charge in [0, 0.05) is 19.6 Å². The Morgan fingerprint density at radius 1 is 1.38 bits per heavy atom. The average Bonchev–Trinajstić information content (AvgIpc) is 2.29. The van der Waals surface area contributed by atoms with Gasteiger partial charge in [0.2, 0.25) is 0 Å². The highest BCUT2D eigenvalue weighted by Gasteiger charge is 2.12. The summed E-state index contributed by atoms with van der Waals surface area (Å²) >= 11 is 0. The molecule has 1 rings (SSSR count). The second-order valence-corrected chi connectivity index (χ2v) is 4.22. The lowest BCUT2D eigenvalue weighted by Crippen LogP contribution is -2.35. The van der Waals surface area contributed by atoms with E-state index in [1.54, 1.807) is 0 Å². The van der Waals surface area contributed by atoms with Crippen molar-refractivity contribution >= 4 is 0 Å². The highest BCUT2D eigenvalue weighted by molar-refractivity contribution is 4.63. The minimum atomic E-state index is 0.301. The Morgan fingerprint density at radius 2 is 2.25 bits per heavy atom. The van der Waals surface area contributed by atoms with Crippen LogP contribution in [0.25, 0.3) is 0 Å². The molecule has 0 radical (unpaired) electrons. The molecule has 1 atom stereocenters. The molecular formula is C11H24N2O3. The SMILES string of the molecule is CN(C)CCOCCNCC1CCOCO1. The zero-order valence-corrected chi connectivity index (χ0v) is 10.4. The van der Waals surface area contributed by atoms with Gasteiger partial charge in [-0.3, -0.25) is 0 Å². The Bertz CT molecular complexity index is 161. The molecule has 16 heavy (non-hydrogen) atoms. The van der Waals surface area contributed by atoms with Gasteiger partial charge in [-0.1, -0.05) is 0 Å². The van der Waals surface area contributed by atoms with Gasteiger partial charge in [0.15, 0.2) is 0 Å². The number of ether oxygens (including phenoxy) is 3. The van der Waals surface area contributed by atoms with E-state index >= 15 is 0 Å². The van der Waals surface area contributed by atoms with Crippen molar-refractivity contribution in [1.82, 2.24) is 10.2 Å². The predicted octanol–water partition coefficient (Wildman–Crippen LogP) is -0.0828. The molecule has 5 heteroatoms. The van der Waals surface area contributed by atoms with E-state index in [2.05, 4.69) is 10.2 Å². The van der Waals surface area contributed by atoms with Crippen molar-refractivity contribution in [3.63, 3.8) is 0 Å². The summed E-state index contributed by atoms with van der Waals surface area (Å²) in [6.45, 7) is 5.55. The highest BCUT2D eigenvalue weighted by atomic mass is 16.7. The Balaban J connectivity index is 1.80. The lowest BCUT2D eigenvalue weighted by Gasteiger charge is -2.22. The number of nitrogens with one attached hydrogen (secondary N) is 1. The molecule has 1 saturated heterocycles. The largest absolute Gasteiger partial charge is 0.379 e. The van der Waals surface area contributed by atoms with Crippen LogP contribution in [0.4, 0.5) is 0 Å². The van der Waals surface area contributed by atoms with Gasteiger partial charge < -0.3 is 24.4 Å². The van der Waals surface area contributed by atoms with Gasteiger partial charge in [-0.25, -0.2) is 0 Å². The lowest BCUT2D eigenvalue weighted by molar-refractivity contribution is -0.137. The summed E-state index contributed by atoms with van der Waals surface area (Å²) in [6.07, 6.45) is 1.28. The van der Waals surface area contributed by atoms with E-state index in [1.807, 2.05) is 14.1 Å². The monoisotopic (exact) mass is 232 g/mol. The molecule has 0 aromatic carbocycles. The first-order chi connectivity index (χ1) is 7.79. The Kier molecular flexibility index (Phi) is 7.71. The Labute approximate surface area is 98.0 Å². The fraction of sp³-hybridized carbons (Fsp3) is 1.00. The second-order valence-electron chi connectivity index (χ2n) is 4.22. The van der Waals surface area contributed by atoms with Crippen LogP contribution in [0, 0.1) is 0 Å². The summed E-state index contributed by atoms with van der Waals surface area (Å²) in [7, 11) is 4.09. The highest BCUT2D eigenvalue weighted by Crippen LogP contribution is 2.03. The molecule has 1 N–H and O–H groups in total. The lowest BCUT2D eigenvalue weighted by atomic mass is 10.2. The molecule has 0 saturated carbocycles. The third kappa shape index (κ3) is 7.14. The van der Waals surface area contributed by atoms with Gasteiger partial charge in [0.1, 0.15) is 6.79 Å². The molecule has 0 aliphatic carbocycles. The van der Waals surface area contributed by atoms with Gasteiger partial charge >= 0.3 is 0 Å². The molecule has 5 nitrogen and oxygen atoms in total. The van der Waals surface area contributed by atoms with Crippen LogP contribution in [0.3, 0.4) is 0 Å². The quantitative estimate of drug-likeness (QED) is 0.593. The summed E-state index contributed by atoms with van der Waals surface area (Å²) in [5, 5.41) is 3.32. The van der Waals surface area contributed by atoms with Crippen molar-refractivity contribution < 1.29 is 14.2 Å². The average molecular weight is 232 g/mol.